The fourth-order valence-corrected chi connectivity index (χ4v) is 2.05. The van der Waals surface area contributed by atoms with Crippen molar-refractivity contribution in [2.45, 2.75) is 19.0 Å². The molecule has 2 aromatic rings. The van der Waals surface area contributed by atoms with Gasteiger partial charge in [0, 0.05) is 19.2 Å². The first-order valence-corrected chi connectivity index (χ1v) is 6.85. The summed E-state index contributed by atoms with van der Waals surface area (Å²) < 4.78 is 1.87. The molecule has 2 rings (SSSR count). The molecular formula is C15H18N4O3. The summed E-state index contributed by atoms with van der Waals surface area (Å²) in [5.41, 5.74) is 6.90. The molecule has 0 aliphatic heterocycles. The average molecular weight is 302 g/mol. The fourth-order valence-electron chi connectivity index (χ4n) is 2.05. The zero-order chi connectivity index (χ0) is 15.9. The minimum absolute atomic E-state index is 0.114. The van der Waals surface area contributed by atoms with Gasteiger partial charge in [0.1, 0.15) is 6.04 Å². The number of hydrogen-bond acceptors (Lipinski definition) is 4. The zero-order valence-corrected chi connectivity index (χ0v) is 12.0. The number of aliphatic carboxylic acids is 1. The van der Waals surface area contributed by atoms with Crippen LogP contribution in [0.25, 0.3) is 0 Å². The lowest BCUT2D eigenvalue weighted by Gasteiger charge is -2.12. The minimum Gasteiger partial charge on any atom is -0.480 e. The van der Waals surface area contributed by atoms with Crippen LogP contribution in [0, 0.1) is 0 Å². The lowest BCUT2D eigenvalue weighted by Crippen LogP contribution is -2.44. The van der Waals surface area contributed by atoms with E-state index in [1.165, 1.54) is 0 Å². The lowest BCUT2D eigenvalue weighted by molar-refractivity contribution is -0.141. The number of imidazole rings is 1. The van der Waals surface area contributed by atoms with Gasteiger partial charge in [0.15, 0.2) is 0 Å². The van der Waals surface area contributed by atoms with Crippen molar-refractivity contribution in [3.8, 4) is 0 Å². The summed E-state index contributed by atoms with van der Waals surface area (Å²) >= 11 is 0. The Morgan fingerprint density at radius 3 is 2.68 bits per heavy atom. The van der Waals surface area contributed by atoms with Gasteiger partial charge in [0.25, 0.3) is 0 Å². The number of amides is 1. The van der Waals surface area contributed by atoms with Crippen LogP contribution in [-0.4, -0.2) is 39.1 Å². The van der Waals surface area contributed by atoms with E-state index in [2.05, 4.69) is 10.3 Å². The number of carbonyl (C=O) groups is 2. The highest BCUT2D eigenvalue weighted by Crippen LogP contribution is 2.06. The number of carboxylic acid groups (broad SMARTS) is 1. The Balaban J connectivity index is 2.00. The van der Waals surface area contributed by atoms with E-state index in [0.29, 0.717) is 12.2 Å². The van der Waals surface area contributed by atoms with Crippen LogP contribution in [0.15, 0.2) is 42.9 Å². The molecule has 1 atom stereocenters. The molecule has 0 saturated carbocycles. The van der Waals surface area contributed by atoms with Crippen LogP contribution in [0.1, 0.15) is 11.3 Å². The summed E-state index contributed by atoms with van der Waals surface area (Å²) in [6.07, 6.45) is 3.53. The Morgan fingerprint density at radius 1 is 1.32 bits per heavy atom. The number of rotatable bonds is 7. The van der Waals surface area contributed by atoms with Crippen molar-refractivity contribution in [2.75, 3.05) is 6.54 Å². The summed E-state index contributed by atoms with van der Waals surface area (Å²) in [7, 11) is 0. The number of carboxylic acids is 1. The molecule has 7 nitrogen and oxygen atoms in total. The highest BCUT2D eigenvalue weighted by Gasteiger charge is 2.20. The molecule has 1 aromatic heterocycles. The molecule has 0 bridgehead atoms. The number of aromatic nitrogens is 2. The van der Waals surface area contributed by atoms with Crippen LogP contribution < -0.4 is 11.1 Å². The van der Waals surface area contributed by atoms with Gasteiger partial charge in [0.2, 0.25) is 5.91 Å². The second kappa shape index (κ2) is 7.37. The molecule has 0 aliphatic rings. The van der Waals surface area contributed by atoms with E-state index in [9.17, 15) is 9.59 Å². The largest absolute Gasteiger partial charge is 0.480 e. The van der Waals surface area contributed by atoms with Crippen LogP contribution >= 0.6 is 0 Å². The zero-order valence-electron chi connectivity index (χ0n) is 12.0. The van der Waals surface area contributed by atoms with Gasteiger partial charge >= 0.3 is 5.97 Å². The van der Waals surface area contributed by atoms with E-state index < -0.39 is 17.9 Å². The van der Waals surface area contributed by atoms with E-state index >= 15 is 0 Å². The van der Waals surface area contributed by atoms with Crippen molar-refractivity contribution >= 4 is 11.9 Å². The molecule has 1 aromatic carbocycles. The second-order valence-electron chi connectivity index (χ2n) is 4.89. The van der Waals surface area contributed by atoms with Crippen LogP contribution in [0.3, 0.4) is 0 Å². The highest BCUT2D eigenvalue weighted by molar-refractivity contribution is 5.84. The molecule has 7 heteroatoms. The summed E-state index contributed by atoms with van der Waals surface area (Å²) in [4.78, 5) is 26.6. The predicted molar refractivity (Wildman–Crippen MR) is 80.1 cm³/mol. The van der Waals surface area contributed by atoms with E-state index in [0.717, 1.165) is 5.56 Å². The van der Waals surface area contributed by atoms with Crippen molar-refractivity contribution in [1.29, 1.82) is 0 Å². The van der Waals surface area contributed by atoms with Crippen LogP contribution in [-0.2, 0) is 22.6 Å². The molecule has 1 heterocycles. The second-order valence-corrected chi connectivity index (χ2v) is 4.89. The maximum atomic E-state index is 11.2. The van der Waals surface area contributed by atoms with Gasteiger partial charge < -0.3 is 20.7 Å². The minimum atomic E-state index is -1.11. The molecule has 0 aliphatic carbocycles. The number of benzene rings is 1. The van der Waals surface area contributed by atoms with Gasteiger partial charge in [-0.15, -0.1) is 0 Å². The molecule has 0 unspecified atom stereocenters. The van der Waals surface area contributed by atoms with Crippen molar-refractivity contribution in [3.63, 3.8) is 0 Å². The van der Waals surface area contributed by atoms with Gasteiger partial charge in [-0.2, -0.15) is 0 Å². The van der Waals surface area contributed by atoms with Crippen LogP contribution in [0.5, 0.6) is 0 Å². The monoisotopic (exact) mass is 302 g/mol. The normalized spacial score (nSPS) is 11.9. The van der Waals surface area contributed by atoms with Crippen molar-refractivity contribution in [2.24, 2.45) is 5.73 Å². The number of carbonyl (C=O) groups excluding carboxylic acids is 1. The fraction of sp³-hybridized carbons (Fsp3) is 0.267. The first-order valence-electron chi connectivity index (χ1n) is 6.85. The first-order chi connectivity index (χ1) is 10.6. The lowest BCUT2D eigenvalue weighted by atomic mass is 10.1. The first kappa shape index (κ1) is 15.7. The Bertz CT molecular complexity index is 639. The number of nitrogens with zero attached hydrogens (tertiary/aromatic N) is 2. The molecular weight excluding hydrogens is 284 g/mol. The number of nitrogens with two attached hydrogens (primary N) is 1. The van der Waals surface area contributed by atoms with Gasteiger partial charge in [-0.05, 0) is 5.56 Å². The van der Waals surface area contributed by atoms with Gasteiger partial charge in [-0.3, -0.25) is 4.79 Å². The van der Waals surface area contributed by atoms with E-state index in [-0.39, 0.29) is 13.0 Å². The SMILES string of the molecule is NCC(=O)N[C@@H](Cc1cn(Cc2ccccc2)cn1)C(=O)O. The highest BCUT2D eigenvalue weighted by atomic mass is 16.4. The van der Waals surface area contributed by atoms with Crippen molar-refractivity contribution in [1.82, 2.24) is 14.9 Å². The Hall–Kier alpha value is -2.67. The third-order valence-corrected chi connectivity index (χ3v) is 3.13. The number of nitrogens with one attached hydrogen (secondary N) is 1. The molecule has 0 fully saturated rings. The summed E-state index contributed by atoms with van der Waals surface area (Å²) in [6, 6.07) is 8.82. The maximum Gasteiger partial charge on any atom is 0.326 e. The average Bonchev–Trinajstić information content (AvgIpc) is 2.94. The van der Waals surface area contributed by atoms with E-state index in [1.54, 1.807) is 12.5 Å². The molecule has 116 valence electrons. The van der Waals surface area contributed by atoms with Crippen LogP contribution in [0.4, 0.5) is 0 Å². The molecule has 0 spiro atoms. The predicted octanol–water partition coefficient (Wildman–Crippen LogP) is 0.00200. The summed E-state index contributed by atoms with van der Waals surface area (Å²) in [6.45, 7) is 0.410. The third-order valence-electron chi connectivity index (χ3n) is 3.13. The Morgan fingerprint density at radius 2 is 2.05 bits per heavy atom. The smallest absolute Gasteiger partial charge is 0.326 e. The van der Waals surface area contributed by atoms with Crippen molar-refractivity contribution < 1.29 is 14.7 Å². The van der Waals surface area contributed by atoms with E-state index in [1.807, 2.05) is 34.9 Å². The van der Waals surface area contributed by atoms with E-state index in [4.69, 9.17) is 10.8 Å². The van der Waals surface area contributed by atoms with Gasteiger partial charge in [0.05, 0.1) is 18.6 Å². The standard InChI is InChI=1S/C15H18N4O3/c16-7-14(20)18-13(15(21)22)6-12-9-19(10-17-12)8-11-4-2-1-3-5-11/h1-5,9-10,13H,6-8,16H2,(H,18,20)(H,21,22)/t13-/m0/s1. The summed E-state index contributed by atoms with van der Waals surface area (Å²) in [5, 5.41) is 11.5. The molecule has 4 N–H and O–H groups in total. The molecule has 0 saturated heterocycles. The maximum absolute atomic E-state index is 11.2. The summed E-state index contributed by atoms with van der Waals surface area (Å²) in [5.74, 6) is -1.62. The van der Waals surface area contributed by atoms with Crippen molar-refractivity contribution in [3.05, 3.63) is 54.1 Å². The Kier molecular flexibility index (Phi) is 5.26. The molecule has 1 amide bonds. The molecule has 22 heavy (non-hydrogen) atoms. The van der Waals surface area contributed by atoms with Gasteiger partial charge in [-0.25, -0.2) is 9.78 Å². The molecule has 0 radical (unpaired) electrons. The van der Waals surface area contributed by atoms with Gasteiger partial charge in [-0.1, -0.05) is 30.3 Å². The Labute approximate surface area is 127 Å². The third kappa shape index (κ3) is 4.42. The number of hydrogen-bond donors (Lipinski definition) is 3. The van der Waals surface area contributed by atoms with Crippen LogP contribution in [0.2, 0.25) is 0 Å². The quantitative estimate of drug-likeness (QED) is 0.667. The topological polar surface area (TPSA) is 110 Å².